The molecule has 0 saturated carbocycles. The molecule has 1 nitrogen and oxygen atoms in total. The lowest BCUT2D eigenvalue weighted by Crippen LogP contribution is -1.95. The molecule has 1 aromatic heterocycles. The van der Waals surface area contributed by atoms with Crippen LogP contribution in [0.4, 0.5) is 0 Å². The van der Waals surface area contributed by atoms with Crippen LogP contribution >= 0.6 is 21.0 Å². The second-order valence-corrected chi connectivity index (χ2v) is 2.48. The van der Waals surface area contributed by atoms with E-state index >= 15 is 0 Å². The highest BCUT2D eigenvalue weighted by Gasteiger charge is 1.81. The lowest BCUT2D eigenvalue weighted by atomic mass is 10.5. The van der Waals surface area contributed by atoms with Gasteiger partial charge in [-0.2, -0.15) is 0 Å². The van der Waals surface area contributed by atoms with Crippen molar-refractivity contribution in [1.29, 1.82) is 0 Å². The number of pyridine rings is 1. The molecule has 1 unspecified atom stereocenters. The van der Waals surface area contributed by atoms with E-state index in [0.717, 1.165) is 8.58 Å². The number of hydrogen-bond donors (Lipinski definition) is 0. The number of nitrogens with zero attached hydrogens (tertiary/aromatic N) is 1. The molecule has 50 valence electrons. The van der Waals surface area contributed by atoms with Gasteiger partial charge in [0.25, 0.3) is 0 Å². The summed E-state index contributed by atoms with van der Waals surface area (Å²) in [4.78, 5) is 4.11. The summed E-state index contributed by atoms with van der Waals surface area (Å²) in [5.41, 5.74) is 1.19. The van der Waals surface area contributed by atoms with E-state index in [4.69, 9.17) is 0 Å². The molecule has 1 rings (SSSR count). The summed E-state index contributed by atoms with van der Waals surface area (Å²) in [6, 6.07) is 5.99. The molecule has 0 radical (unpaired) electrons. The molecule has 0 bridgehead atoms. The molecular weight excluding hydrogens is 152 g/mol. The number of aromatic nitrogens is 1. The standard InChI is InChI=1S/C6H8NP.ClH/c1-8-6-4-2-3-5-7-6;/h2-5,8H,1H3;1H. The smallest absolute Gasteiger partial charge is 0.0597 e. The summed E-state index contributed by atoms with van der Waals surface area (Å²) in [7, 11) is 0.819. The molecule has 0 aromatic carbocycles. The zero-order chi connectivity index (χ0) is 5.82. The Balaban J connectivity index is 0.000000640. The Morgan fingerprint density at radius 3 is 2.56 bits per heavy atom. The Hall–Kier alpha value is -0.130. The normalized spacial score (nSPS) is 9.44. The predicted molar refractivity (Wildman–Crippen MR) is 45.4 cm³/mol. The van der Waals surface area contributed by atoms with Crippen molar-refractivity contribution in [3.05, 3.63) is 24.4 Å². The molecule has 0 amide bonds. The van der Waals surface area contributed by atoms with E-state index in [1.165, 1.54) is 5.44 Å². The van der Waals surface area contributed by atoms with Gasteiger partial charge >= 0.3 is 0 Å². The molecule has 0 N–H and O–H groups in total. The van der Waals surface area contributed by atoms with Gasteiger partial charge in [0.1, 0.15) is 0 Å². The van der Waals surface area contributed by atoms with Crippen LogP contribution in [0.2, 0.25) is 0 Å². The van der Waals surface area contributed by atoms with Crippen molar-refractivity contribution < 1.29 is 0 Å². The highest BCUT2D eigenvalue weighted by atomic mass is 35.5. The monoisotopic (exact) mass is 161 g/mol. The van der Waals surface area contributed by atoms with E-state index < -0.39 is 0 Å². The van der Waals surface area contributed by atoms with Crippen LogP contribution in [0.5, 0.6) is 0 Å². The van der Waals surface area contributed by atoms with Crippen molar-refractivity contribution in [1.82, 2.24) is 4.98 Å². The largest absolute Gasteiger partial charge is 0.257 e. The molecular formula is C6H9ClNP. The van der Waals surface area contributed by atoms with Crippen LogP contribution in [0.1, 0.15) is 0 Å². The highest BCUT2D eigenvalue weighted by Crippen LogP contribution is 1.97. The quantitative estimate of drug-likeness (QED) is 0.568. The third-order valence-electron chi connectivity index (χ3n) is 0.921. The molecule has 0 aliphatic rings. The van der Waals surface area contributed by atoms with Crippen LogP contribution in [0.3, 0.4) is 0 Å². The summed E-state index contributed by atoms with van der Waals surface area (Å²) < 4.78 is 0. The molecule has 0 fully saturated rings. The molecule has 0 spiro atoms. The molecule has 9 heavy (non-hydrogen) atoms. The third kappa shape index (κ3) is 2.78. The van der Waals surface area contributed by atoms with Crippen LogP contribution in [0.25, 0.3) is 0 Å². The summed E-state index contributed by atoms with van der Waals surface area (Å²) >= 11 is 0. The minimum atomic E-state index is 0. The van der Waals surface area contributed by atoms with Gasteiger partial charge in [0, 0.05) is 6.20 Å². The fourth-order valence-corrected chi connectivity index (χ4v) is 0.977. The van der Waals surface area contributed by atoms with Crippen molar-refractivity contribution in [3.63, 3.8) is 0 Å². The Bertz CT molecular complexity index is 154. The van der Waals surface area contributed by atoms with Crippen molar-refractivity contribution >= 4 is 26.4 Å². The van der Waals surface area contributed by atoms with E-state index in [1.54, 1.807) is 0 Å². The SMILES string of the molecule is CPc1ccccn1.Cl. The van der Waals surface area contributed by atoms with Gasteiger partial charge in [-0.25, -0.2) is 0 Å². The Labute approximate surface area is 63.1 Å². The van der Waals surface area contributed by atoms with E-state index in [2.05, 4.69) is 11.6 Å². The van der Waals surface area contributed by atoms with Crippen molar-refractivity contribution in [3.8, 4) is 0 Å². The van der Waals surface area contributed by atoms with Crippen LogP contribution in [0, 0.1) is 0 Å². The Morgan fingerprint density at radius 2 is 2.22 bits per heavy atom. The first-order valence-corrected chi connectivity index (χ1v) is 4.02. The van der Waals surface area contributed by atoms with Crippen LogP contribution in [-0.2, 0) is 0 Å². The second-order valence-electron chi connectivity index (χ2n) is 1.46. The van der Waals surface area contributed by atoms with Crippen LogP contribution in [-0.4, -0.2) is 11.6 Å². The average Bonchev–Trinajstić information content (AvgIpc) is 1.90. The number of halogens is 1. The van der Waals surface area contributed by atoms with Gasteiger partial charge in [-0.05, 0) is 18.8 Å². The van der Waals surface area contributed by atoms with E-state index in [-0.39, 0.29) is 12.4 Å². The van der Waals surface area contributed by atoms with Crippen LogP contribution in [0.15, 0.2) is 24.4 Å². The van der Waals surface area contributed by atoms with Gasteiger partial charge in [0.2, 0.25) is 0 Å². The predicted octanol–water partition coefficient (Wildman–Crippen LogP) is 1.44. The van der Waals surface area contributed by atoms with Gasteiger partial charge < -0.3 is 0 Å². The zero-order valence-corrected chi connectivity index (χ0v) is 6.98. The molecule has 1 aromatic rings. The molecule has 0 aliphatic carbocycles. The van der Waals surface area contributed by atoms with E-state index in [1.807, 2.05) is 24.4 Å². The molecule has 3 heteroatoms. The molecule has 1 atom stereocenters. The summed E-state index contributed by atoms with van der Waals surface area (Å²) in [5, 5.41) is 0. The first kappa shape index (κ1) is 8.87. The third-order valence-corrected chi connectivity index (χ3v) is 1.73. The van der Waals surface area contributed by atoms with Crippen molar-refractivity contribution in [2.75, 3.05) is 6.66 Å². The summed E-state index contributed by atoms with van der Waals surface area (Å²) in [5.74, 6) is 0. The van der Waals surface area contributed by atoms with E-state index in [0.29, 0.717) is 0 Å². The highest BCUT2D eigenvalue weighted by molar-refractivity contribution is 7.45. The zero-order valence-electron chi connectivity index (χ0n) is 5.16. The summed E-state index contributed by atoms with van der Waals surface area (Å²) in [6.07, 6.45) is 1.83. The Morgan fingerprint density at radius 1 is 1.44 bits per heavy atom. The van der Waals surface area contributed by atoms with Gasteiger partial charge in [-0.15, -0.1) is 12.4 Å². The van der Waals surface area contributed by atoms with Gasteiger partial charge in [0.15, 0.2) is 0 Å². The minimum absolute atomic E-state index is 0. The van der Waals surface area contributed by atoms with Gasteiger partial charge in [0.05, 0.1) is 5.44 Å². The van der Waals surface area contributed by atoms with Crippen molar-refractivity contribution in [2.45, 2.75) is 0 Å². The molecule has 0 aliphatic heterocycles. The fourth-order valence-electron chi connectivity index (χ4n) is 0.511. The van der Waals surface area contributed by atoms with E-state index in [9.17, 15) is 0 Å². The maximum Gasteiger partial charge on any atom is 0.0597 e. The maximum absolute atomic E-state index is 4.11. The topological polar surface area (TPSA) is 12.9 Å². The first-order chi connectivity index (χ1) is 3.93. The number of rotatable bonds is 1. The van der Waals surface area contributed by atoms with Crippen molar-refractivity contribution in [2.24, 2.45) is 0 Å². The lowest BCUT2D eigenvalue weighted by Gasteiger charge is -1.88. The number of hydrogen-bond acceptors (Lipinski definition) is 1. The lowest BCUT2D eigenvalue weighted by molar-refractivity contribution is 1.39. The Kier molecular flexibility index (Phi) is 4.65. The second kappa shape index (κ2) is 4.72. The summed E-state index contributed by atoms with van der Waals surface area (Å²) in [6.45, 7) is 2.13. The van der Waals surface area contributed by atoms with Crippen LogP contribution < -0.4 is 5.44 Å². The first-order valence-electron chi connectivity index (χ1n) is 2.52. The average molecular weight is 162 g/mol. The minimum Gasteiger partial charge on any atom is -0.257 e. The molecule has 0 saturated heterocycles. The van der Waals surface area contributed by atoms with Gasteiger partial charge in [-0.1, -0.05) is 14.6 Å². The molecule has 1 heterocycles. The maximum atomic E-state index is 4.11. The van der Waals surface area contributed by atoms with Gasteiger partial charge in [-0.3, -0.25) is 4.98 Å². The fraction of sp³-hybridized carbons (Fsp3) is 0.167.